The SMILES string of the molecule is COc1ccc2c(c1)OCC1c3cc(O)ccc3OC21. The molecular weight excluding hydrogens is 256 g/mol. The summed E-state index contributed by atoms with van der Waals surface area (Å²) in [5, 5.41) is 9.64. The van der Waals surface area contributed by atoms with Gasteiger partial charge in [-0.2, -0.15) is 0 Å². The average molecular weight is 270 g/mol. The van der Waals surface area contributed by atoms with Crippen molar-refractivity contribution in [3.05, 3.63) is 47.5 Å². The van der Waals surface area contributed by atoms with Gasteiger partial charge in [-0.1, -0.05) is 0 Å². The number of fused-ring (bicyclic) bond motifs is 5. The lowest BCUT2D eigenvalue weighted by molar-refractivity contribution is 0.139. The smallest absolute Gasteiger partial charge is 0.138 e. The number of benzene rings is 2. The van der Waals surface area contributed by atoms with Crippen molar-refractivity contribution in [2.75, 3.05) is 13.7 Å². The Hall–Kier alpha value is -2.36. The first-order chi connectivity index (χ1) is 9.76. The van der Waals surface area contributed by atoms with E-state index >= 15 is 0 Å². The van der Waals surface area contributed by atoms with E-state index in [1.807, 2.05) is 24.3 Å². The molecule has 0 spiro atoms. The van der Waals surface area contributed by atoms with Gasteiger partial charge in [-0.15, -0.1) is 0 Å². The molecule has 0 aliphatic carbocycles. The van der Waals surface area contributed by atoms with Crippen LogP contribution in [-0.4, -0.2) is 18.8 Å². The maximum atomic E-state index is 9.64. The second-order valence-electron chi connectivity index (χ2n) is 5.08. The van der Waals surface area contributed by atoms with Crippen LogP contribution in [0.1, 0.15) is 23.1 Å². The molecule has 0 saturated carbocycles. The Kier molecular flexibility index (Phi) is 2.33. The molecule has 0 saturated heterocycles. The normalized spacial score (nSPS) is 22.1. The van der Waals surface area contributed by atoms with Crippen LogP contribution in [0.4, 0.5) is 0 Å². The lowest BCUT2D eigenvalue weighted by Gasteiger charge is -2.28. The molecule has 2 atom stereocenters. The van der Waals surface area contributed by atoms with Crippen molar-refractivity contribution in [3.8, 4) is 23.0 Å². The van der Waals surface area contributed by atoms with E-state index < -0.39 is 0 Å². The summed E-state index contributed by atoms with van der Waals surface area (Å²) >= 11 is 0. The number of aromatic hydroxyl groups is 1. The van der Waals surface area contributed by atoms with E-state index in [1.165, 1.54) is 0 Å². The number of phenolic OH excluding ortho intramolecular Hbond substituents is 1. The van der Waals surface area contributed by atoms with Crippen LogP contribution in [0.5, 0.6) is 23.0 Å². The van der Waals surface area contributed by atoms with Crippen molar-refractivity contribution in [1.82, 2.24) is 0 Å². The van der Waals surface area contributed by atoms with Crippen LogP contribution in [0.25, 0.3) is 0 Å². The summed E-state index contributed by atoms with van der Waals surface area (Å²) in [6, 6.07) is 11.0. The van der Waals surface area contributed by atoms with Crippen LogP contribution in [0.3, 0.4) is 0 Å². The predicted molar refractivity (Wildman–Crippen MR) is 72.7 cm³/mol. The molecule has 4 rings (SSSR count). The lowest BCUT2D eigenvalue weighted by Crippen LogP contribution is -2.23. The van der Waals surface area contributed by atoms with Crippen molar-refractivity contribution >= 4 is 0 Å². The first-order valence-corrected chi connectivity index (χ1v) is 6.56. The van der Waals surface area contributed by atoms with Crippen molar-refractivity contribution in [2.24, 2.45) is 0 Å². The maximum Gasteiger partial charge on any atom is 0.138 e. The zero-order valence-corrected chi connectivity index (χ0v) is 11.0. The second-order valence-corrected chi connectivity index (χ2v) is 5.08. The molecule has 2 aromatic rings. The van der Waals surface area contributed by atoms with Crippen LogP contribution < -0.4 is 14.2 Å². The molecule has 20 heavy (non-hydrogen) atoms. The van der Waals surface area contributed by atoms with E-state index in [0.29, 0.717) is 6.61 Å². The summed E-state index contributed by atoms with van der Waals surface area (Å²) in [6.07, 6.45) is -0.0542. The van der Waals surface area contributed by atoms with E-state index in [9.17, 15) is 5.11 Å². The molecule has 0 fully saturated rings. The molecule has 0 radical (unpaired) electrons. The fourth-order valence-electron chi connectivity index (χ4n) is 2.95. The molecule has 1 N–H and O–H groups in total. The fraction of sp³-hybridized carbons (Fsp3) is 0.250. The Morgan fingerprint density at radius 2 is 2.00 bits per heavy atom. The number of rotatable bonds is 1. The van der Waals surface area contributed by atoms with Gasteiger partial charge in [0.25, 0.3) is 0 Å². The molecule has 2 heterocycles. The van der Waals surface area contributed by atoms with E-state index in [0.717, 1.165) is 28.4 Å². The van der Waals surface area contributed by atoms with Crippen LogP contribution in [0.2, 0.25) is 0 Å². The van der Waals surface area contributed by atoms with Gasteiger partial charge in [-0.3, -0.25) is 0 Å². The molecule has 0 aromatic heterocycles. The fourth-order valence-corrected chi connectivity index (χ4v) is 2.95. The highest BCUT2D eigenvalue weighted by Crippen LogP contribution is 2.51. The zero-order valence-electron chi connectivity index (χ0n) is 11.0. The van der Waals surface area contributed by atoms with Crippen molar-refractivity contribution < 1.29 is 19.3 Å². The van der Waals surface area contributed by atoms with Gasteiger partial charge < -0.3 is 19.3 Å². The number of methoxy groups -OCH3 is 1. The average Bonchev–Trinajstić information content (AvgIpc) is 2.84. The molecule has 4 nitrogen and oxygen atoms in total. The van der Waals surface area contributed by atoms with Crippen LogP contribution in [-0.2, 0) is 0 Å². The summed E-state index contributed by atoms with van der Waals surface area (Å²) in [6.45, 7) is 0.543. The minimum Gasteiger partial charge on any atom is -0.508 e. The van der Waals surface area contributed by atoms with Crippen LogP contribution >= 0.6 is 0 Å². The van der Waals surface area contributed by atoms with Gasteiger partial charge in [-0.25, -0.2) is 0 Å². The topological polar surface area (TPSA) is 47.9 Å². The van der Waals surface area contributed by atoms with Gasteiger partial charge in [0.05, 0.1) is 19.6 Å². The standard InChI is InChI=1S/C16H14O4/c1-18-10-3-4-11-15(7-10)19-8-13-12-6-9(17)2-5-14(12)20-16(11)13/h2-7,13,16-17H,8H2,1H3. The summed E-state index contributed by atoms with van der Waals surface area (Å²) in [7, 11) is 1.64. The van der Waals surface area contributed by atoms with E-state index in [-0.39, 0.29) is 17.8 Å². The molecule has 2 unspecified atom stereocenters. The highest BCUT2D eigenvalue weighted by Gasteiger charge is 2.40. The summed E-state index contributed by atoms with van der Waals surface area (Å²) in [4.78, 5) is 0. The zero-order chi connectivity index (χ0) is 13.7. The Morgan fingerprint density at radius 1 is 1.10 bits per heavy atom. The van der Waals surface area contributed by atoms with Gasteiger partial charge in [-0.05, 0) is 30.3 Å². The molecular formula is C16H14O4. The maximum absolute atomic E-state index is 9.64. The third-order valence-corrected chi connectivity index (χ3v) is 3.96. The number of phenols is 1. The Balaban J connectivity index is 1.78. The predicted octanol–water partition coefficient (Wildman–Crippen LogP) is 3.01. The molecule has 0 amide bonds. The summed E-state index contributed by atoms with van der Waals surface area (Å²) in [5.74, 6) is 2.79. The third-order valence-electron chi connectivity index (χ3n) is 3.96. The van der Waals surface area contributed by atoms with Crippen molar-refractivity contribution in [3.63, 3.8) is 0 Å². The molecule has 4 heteroatoms. The molecule has 2 aliphatic rings. The molecule has 102 valence electrons. The Morgan fingerprint density at radius 3 is 2.85 bits per heavy atom. The van der Waals surface area contributed by atoms with Gasteiger partial charge in [0.2, 0.25) is 0 Å². The van der Waals surface area contributed by atoms with Crippen LogP contribution in [0.15, 0.2) is 36.4 Å². The highest BCUT2D eigenvalue weighted by molar-refractivity contribution is 5.52. The number of ether oxygens (including phenoxy) is 3. The quantitative estimate of drug-likeness (QED) is 0.865. The first kappa shape index (κ1) is 11.5. The van der Waals surface area contributed by atoms with Crippen molar-refractivity contribution in [2.45, 2.75) is 12.0 Å². The van der Waals surface area contributed by atoms with E-state index in [2.05, 4.69) is 0 Å². The van der Waals surface area contributed by atoms with Crippen LogP contribution in [0, 0.1) is 0 Å². The molecule has 2 aliphatic heterocycles. The molecule has 2 aromatic carbocycles. The van der Waals surface area contributed by atoms with Gasteiger partial charge >= 0.3 is 0 Å². The van der Waals surface area contributed by atoms with Crippen molar-refractivity contribution in [1.29, 1.82) is 0 Å². The number of hydrogen-bond acceptors (Lipinski definition) is 4. The lowest BCUT2D eigenvalue weighted by atomic mass is 9.89. The Bertz CT molecular complexity index is 680. The largest absolute Gasteiger partial charge is 0.508 e. The van der Waals surface area contributed by atoms with Gasteiger partial charge in [0.1, 0.15) is 29.1 Å². The second kappa shape index (κ2) is 4.07. The van der Waals surface area contributed by atoms with Gasteiger partial charge in [0.15, 0.2) is 0 Å². The molecule has 0 bridgehead atoms. The van der Waals surface area contributed by atoms with E-state index in [4.69, 9.17) is 14.2 Å². The van der Waals surface area contributed by atoms with E-state index in [1.54, 1.807) is 19.2 Å². The summed E-state index contributed by atoms with van der Waals surface area (Å²) < 4.78 is 17.1. The number of hydrogen-bond donors (Lipinski definition) is 1. The third kappa shape index (κ3) is 1.54. The van der Waals surface area contributed by atoms with Gasteiger partial charge in [0, 0.05) is 17.2 Å². The first-order valence-electron chi connectivity index (χ1n) is 6.56. The minimum absolute atomic E-state index is 0.0542. The highest BCUT2D eigenvalue weighted by atomic mass is 16.5. The Labute approximate surface area is 116 Å². The summed E-state index contributed by atoms with van der Waals surface area (Å²) in [5.41, 5.74) is 2.04. The minimum atomic E-state index is -0.0542. The monoisotopic (exact) mass is 270 g/mol.